The van der Waals surface area contributed by atoms with Gasteiger partial charge in [-0.1, -0.05) is 6.42 Å². The Morgan fingerprint density at radius 1 is 1.08 bits per heavy atom. The molecule has 2 nitrogen and oxygen atoms in total. The second kappa shape index (κ2) is 2.96. The maximum absolute atomic E-state index is 3.44. The lowest BCUT2D eigenvalue weighted by Crippen LogP contribution is -2.63. The number of piperidine rings is 1. The highest BCUT2D eigenvalue weighted by molar-refractivity contribution is 5.02. The SMILES string of the molecule is C1CC2(C1)CN(C1CCNCC1)C2. The van der Waals surface area contributed by atoms with Gasteiger partial charge >= 0.3 is 0 Å². The molecule has 0 atom stereocenters. The summed E-state index contributed by atoms with van der Waals surface area (Å²) in [6, 6.07) is 0.924. The number of nitrogens with one attached hydrogen (secondary N) is 1. The van der Waals surface area contributed by atoms with Crippen molar-refractivity contribution in [3.63, 3.8) is 0 Å². The summed E-state index contributed by atoms with van der Waals surface area (Å²) in [7, 11) is 0. The van der Waals surface area contributed by atoms with Gasteiger partial charge in [-0.3, -0.25) is 4.90 Å². The number of hydrogen-bond acceptors (Lipinski definition) is 2. The molecule has 13 heavy (non-hydrogen) atoms. The van der Waals surface area contributed by atoms with E-state index in [0.29, 0.717) is 0 Å². The van der Waals surface area contributed by atoms with Crippen LogP contribution in [0.5, 0.6) is 0 Å². The van der Waals surface area contributed by atoms with Crippen LogP contribution < -0.4 is 5.32 Å². The van der Waals surface area contributed by atoms with Crippen molar-refractivity contribution in [2.75, 3.05) is 26.2 Å². The molecule has 0 unspecified atom stereocenters. The minimum absolute atomic E-state index is 0.824. The van der Waals surface area contributed by atoms with E-state index in [4.69, 9.17) is 0 Å². The Kier molecular flexibility index (Phi) is 1.88. The Balaban J connectivity index is 1.51. The summed E-state index contributed by atoms with van der Waals surface area (Å²) >= 11 is 0. The van der Waals surface area contributed by atoms with Crippen molar-refractivity contribution < 1.29 is 0 Å². The first-order valence-electron chi connectivity index (χ1n) is 5.83. The maximum atomic E-state index is 3.44. The highest BCUT2D eigenvalue weighted by atomic mass is 15.2. The molecule has 0 radical (unpaired) electrons. The molecule has 2 heterocycles. The lowest BCUT2D eigenvalue weighted by molar-refractivity contribution is -0.0879. The van der Waals surface area contributed by atoms with Gasteiger partial charge in [-0.2, -0.15) is 0 Å². The summed E-state index contributed by atoms with van der Waals surface area (Å²) in [5.74, 6) is 0. The van der Waals surface area contributed by atoms with Crippen LogP contribution in [0.3, 0.4) is 0 Å². The molecule has 0 aromatic heterocycles. The molecule has 3 fully saturated rings. The first kappa shape index (κ1) is 8.25. The normalized spacial score (nSPS) is 34.2. The Bertz CT molecular complexity index is 184. The standard InChI is InChI=1S/C11H20N2/c1-4-11(5-1)8-13(9-11)10-2-6-12-7-3-10/h10,12H,1-9H2. The first-order valence-corrected chi connectivity index (χ1v) is 5.83. The van der Waals surface area contributed by atoms with Crippen molar-refractivity contribution in [3.05, 3.63) is 0 Å². The van der Waals surface area contributed by atoms with Gasteiger partial charge in [0.25, 0.3) is 0 Å². The third-order valence-corrected chi connectivity index (χ3v) is 4.32. The molecule has 1 N–H and O–H groups in total. The van der Waals surface area contributed by atoms with Gasteiger partial charge in [0.15, 0.2) is 0 Å². The quantitative estimate of drug-likeness (QED) is 0.653. The highest BCUT2D eigenvalue weighted by Crippen LogP contribution is 2.49. The molecule has 3 rings (SSSR count). The zero-order valence-corrected chi connectivity index (χ0v) is 8.39. The second-order valence-corrected chi connectivity index (χ2v) is 5.24. The molecule has 1 saturated carbocycles. The van der Waals surface area contributed by atoms with Crippen LogP contribution in [0.15, 0.2) is 0 Å². The third kappa shape index (κ3) is 1.31. The van der Waals surface area contributed by atoms with E-state index in [2.05, 4.69) is 10.2 Å². The highest BCUT2D eigenvalue weighted by Gasteiger charge is 2.48. The molecule has 1 spiro atoms. The number of hydrogen-bond donors (Lipinski definition) is 1. The first-order chi connectivity index (χ1) is 6.38. The van der Waals surface area contributed by atoms with Crippen molar-refractivity contribution in [2.24, 2.45) is 5.41 Å². The molecule has 3 aliphatic rings. The average molecular weight is 180 g/mol. The van der Waals surface area contributed by atoms with Gasteiger partial charge in [0.2, 0.25) is 0 Å². The predicted octanol–water partition coefficient (Wildman–Crippen LogP) is 1.22. The molecule has 0 aromatic carbocycles. The molecular formula is C11H20N2. The smallest absolute Gasteiger partial charge is 0.0120 e. The lowest BCUT2D eigenvalue weighted by atomic mass is 9.63. The van der Waals surface area contributed by atoms with Crippen LogP contribution in [-0.4, -0.2) is 37.1 Å². The Labute approximate surface area is 80.7 Å². The zero-order valence-electron chi connectivity index (χ0n) is 8.39. The fraction of sp³-hybridized carbons (Fsp3) is 1.00. The molecule has 0 amide bonds. The van der Waals surface area contributed by atoms with Gasteiger partial charge < -0.3 is 5.32 Å². The molecule has 74 valence electrons. The molecule has 2 aliphatic heterocycles. The van der Waals surface area contributed by atoms with Gasteiger partial charge in [0.1, 0.15) is 0 Å². The molecule has 0 bridgehead atoms. The van der Waals surface area contributed by atoms with Crippen LogP contribution in [0.25, 0.3) is 0 Å². The van der Waals surface area contributed by atoms with Crippen LogP contribution >= 0.6 is 0 Å². The van der Waals surface area contributed by atoms with Crippen molar-refractivity contribution in [3.8, 4) is 0 Å². The van der Waals surface area contributed by atoms with E-state index < -0.39 is 0 Å². The lowest BCUT2D eigenvalue weighted by Gasteiger charge is -2.59. The molecule has 1 aliphatic carbocycles. The fourth-order valence-electron chi connectivity index (χ4n) is 3.24. The Morgan fingerprint density at radius 3 is 2.31 bits per heavy atom. The van der Waals surface area contributed by atoms with Crippen molar-refractivity contribution in [1.29, 1.82) is 0 Å². The van der Waals surface area contributed by atoms with E-state index in [1.807, 2.05) is 0 Å². The van der Waals surface area contributed by atoms with E-state index >= 15 is 0 Å². The summed E-state index contributed by atoms with van der Waals surface area (Å²) < 4.78 is 0. The zero-order chi connectivity index (χ0) is 8.73. The summed E-state index contributed by atoms with van der Waals surface area (Å²) in [5.41, 5.74) is 0.824. The van der Waals surface area contributed by atoms with Gasteiger partial charge in [0, 0.05) is 19.1 Å². The van der Waals surface area contributed by atoms with Crippen LogP contribution in [0, 0.1) is 5.41 Å². The molecule has 2 heteroatoms. The monoisotopic (exact) mass is 180 g/mol. The van der Waals surface area contributed by atoms with Crippen LogP contribution in [-0.2, 0) is 0 Å². The van der Waals surface area contributed by atoms with Crippen molar-refractivity contribution in [1.82, 2.24) is 10.2 Å². The summed E-state index contributed by atoms with van der Waals surface area (Å²) in [6.45, 7) is 5.34. The Morgan fingerprint density at radius 2 is 1.77 bits per heavy atom. The number of nitrogens with zero attached hydrogens (tertiary/aromatic N) is 1. The van der Waals surface area contributed by atoms with E-state index in [1.165, 1.54) is 58.3 Å². The van der Waals surface area contributed by atoms with E-state index in [9.17, 15) is 0 Å². The molecular weight excluding hydrogens is 160 g/mol. The average Bonchev–Trinajstić information content (AvgIpc) is 2.01. The van der Waals surface area contributed by atoms with Gasteiger partial charge in [-0.15, -0.1) is 0 Å². The summed E-state index contributed by atoms with van der Waals surface area (Å²) in [4.78, 5) is 2.74. The minimum Gasteiger partial charge on any atom is -0.317 e. The topological polar surface area (TPSA) is 15.3 Å². The Hall–Kier alpha value is -0.0800. The van der Waals surface area contributed by atoms with E-state index in [0.717, 1.165) is 11.5 Å². The fourth-order valence-corrected chi connectivity index (χ4v) is 3.24. The third-order valence-electron chi connectivity index (χ3n) is 4.32. The summed E-state index contributed by atoms with van der Waals surface area (Å²) in [6.07, 6.45) is 7.31. The predicted molar refractivity (Wildman–Crippen MR) is 53.7 cm³/mol. The number of likely N-dealkylation sites (tertiary alicyclic amines) is 1. The molecule has 0 aromatic rings. The van der Waals surface area contributed by atoms with E-state index in [1.54, 1.807) is 0 Å². The van der Waals surface area contributed by atoms with Crippen LogP contribution in [0.2, 0.25) is 0 Å². The second-order valence-electron chi connectivity index (χ2n) is 5.24. The van der Waals surface area contributed by atoms with Crippen LogP contribution in [0.4, 0.5) is 0 Å². The van der Waals surface area contributed by atoms with Crippen molar-refractivity contribution in [2.45, 2.75) is 38.1 Å². The molecule has 2 saturated heterocycles. The largest absolute Gasteiger partial charge is 0.317 e. The maximum Gasteiger partial charge on any atom is 0.0120 e. The minimum atomic E-state index is 0.824. The summed E-state index contributed by atoms with van der Waals surface area (Å²) in [5, 5.41) is 3.44. The van der Waals surface area contributed by atoms with E-state index in [-0.39, 0.29) is 0 Å². The van der Waals surface area contributed by atoms with Gasteiger partial charge in [-0.25, -0.2) is 0 Å². The van der Waals surface area contributed by atoms with Gasteiger partial charge in [-0.05, 0) is 44.2 Å². The van der Waals surface area contributed by atoms with Gasteiger partial charge in [0.05, 0.1) is 0 Å². The number of rotatable bonds is 1. The van der Waals surface area contributed by atoms with Crippen LogP contribution in [0.1, 0.15) is 32.1 Å². The van der Waals surface area contributed by atoms with Crippen molar-refractivity contribution >= 4 is 0 Å².